The van der Waals surface area contributed by atoms with Gasteiger partial charge in [0.05, 0.1) is 29.7 Å². The van der Waals surface area contributed by atoms with Gasteiger partial charge in [0.15, 0.2) is 0 Å². The van der Waals surface area contributed by atoms with Gasteiger partial charge in [-0.15, -0.1) is 0 Å². The van der Waals surface area contributed by atoms with Gasteiger partial charge < -0.3 is 15.4 Å². The molecule has 1 heterocycles. The lowest BCUT2D eigenvalue weighted by Crippen LogP contribution is -2.40. The molecular weight excluding hydrogens is 368 g/mol. The molecule has 0 saturated heterocycles. The van der Waals surface area contributed by atoms with Crippen LogP contribution in [-0.4, -0.2) is 50.5 Å². The van der Waals surface area contributed by atoms with Crippen LogP contribution in [0.1, 0.15) is 24.2 Å². The number of anilines is 2. The van der Waals surface area contributed by atoms with E-state index in [4.69, 9.17) is 10.5 Å². The molecule has 0 spiro atoms. The van der Waals surface area contributed by atoms with Crippen LogP contribution >= 0.6 is 0 Å². The van der Waals surface area contributed by atoms with Crippen molar-refractivity contribution >= 4 is 27.3 Å². The third kappa shape index (κ3) is 5.18. The Morgan fingerprint density at radius 3 is 2.63 bits per heavy atom. The minimum atomic E-state index is -4.01. The van der Waals surface area contributed by atoms with E-state index in [1.807, 2.05) is 13.8 Å². The van der Waals surface area contributed by atoms with E-state index in [-0.39, 0.29) is 28.1 Å². The van der Waals surface area contributed by atoms with E-state index in [2.05, 4.69) is 9.71 Å². The van der Waals surface area contributed by atoms with Crippen molar-refractivity contribution in [1.82, 2.24) is 9.88 Å². The highest BCUT2D eigenvalue weighted by Gasteiger charge is 2.26. The number of carbonyl (C=O) groups excluding carboxylic acids is 1. The highest BCUT2D eigenvalue weighted by molar-refractivity contribution is 7.92. The number of nitrogens with one attached hydrogen (secondary N) is 1. The van der Waals surface area contributed by atoms with Crippen molar-refractivity contribution in [3.63, 3.8) is 0 Å². The topological polar surface area (TPSA) is 115 Å². The number of carbonyl (C=O) groups is 1. The molecule has 146 valence electrons. The van der Waals surface area contributed by atoms with Crippen LogP contribution in [0.5, 0.6) is 0 Å². The number of methoxy groups -OCH3 is 1. The molecule has 27 heavy (non-hydrogen) atoms. The molecule has 0 saturated carbocycles. The van der Waals surface area contributed by atoms with E-state index in [0.29, 0.717) is 18.8 Å². The molecular formula is C18H24N4O4S. The van der Waals surface area contributed by atoms with Crippen LogP contribution in [0.4, 0.5) is 11.4 Å². The lowest BCUT2D eigenvalue weighted by Gasteiger charge is -2.27. The number of sulfonamides is 1. The van der Waals surface area contributed by atoms with Crippen LogP contribution < -0.4 is 10.5 Å². The summed E-state index contributed by atoms with van der Waals surface area (Å²) in [5.74, 6) is -0.381. The highest BCUT2D eigenvalue weighted by atomic mass is 32.2. The molecule has 8 nitrogen and oxygen atoms in total. The Hall–Kier alpha value is -2.65. The van der Waals surface area contributed by atoms with Crippen molar-refractivity contribution < 1.29 is 17.9 Å². The summed E-state index contributed by atoms with van der Waals surface area (Å²) in [6.07, 6.45) is 2.75. The average molecular weight is 392 g/mol. The lowest BCUT2D eigenvalue weighted by molar-refractivity contribution is 0.0631. The molecule has 0 aliphatic heterocycles. The number of benzene rings is 1. The summed E-state index contributed by atoms with van der Waals surface area (Å²) < 4.78 is 33.2. The highest BCUT2D eigenvalue weighted by Crippen LogP contribution is 2.22. The SMILES string of the molecule is COCCN(C(=O)c1ccccc1S(=O)(=O)Nc1cncc(N)c1)C(C)C. The largest absolute Gasteiger partial charge is 0.397 e. The monoisotopic (exact) mass is 392 g/mol. The molecule has 1 aromatic heterocycles. The first kappa shape index (κ1) is 20.7. The number of pyridine rings is 1. The zero-order chi connectivity index (χ0) is 20.0. The number of aromatic nitrogens is 1. The van der Waals surface area contributed by atoms with E-state index in [9.17, 15) is 13.2 Å². The molecule has 2 aromatic rings. The normalized spacial score (nSPS) is 11.4. The van der Waals surface area contributed by atoms with Crippen LogP contribution in [0, 0.1) is 0 Å². The molecule has 0 aliphatic rings. The number of hydrogen-bond donors (Lipinski definition) is 2. The van der Waals surface area contributed by atoms with Crippen LogP contribution in [0.25, 0.3) is 0 Å². The van der Waals surface area contributed by atoms with Gasteiger partial charge in [0.25, 0.3) is 15.9 Å². The first-order valence-corrected chi connectivity index (χ1v) is 9.87. The maximum atomic E-state index is 13.0. The minimum absolute atomic E-state index is 0.0895. The molecule has 1 aromatic carbocycles. The number of nitrogens with two attached hydrogens (primary N) is 1. The Bertz CT molecular complexity index is 900. The summed E-state index contributed by atoms with van der Waals surface area (Å²) in [7, 11) is -2.46. The van der Waals surface area contributed by atoms with E-state index in [0.717, 1.165) is 0 Å². The Labute approximate surface area is 159 Å². The maximum Gasteiger partial charge on any atom is 0.262 e. The van der Waals surface area contributed by atoms with Gasteiger partial charge in [-0.1, -0.05) is 12.1 Å². The predicted octanol–water partition coefficient (Wildman–Crippen LogP) is 1.96. The Kier molecular flexibility index (Phi) is 6.75. The van der Waals surface area contributed by atoms with Crippen LogP contribution in [0.3, 0.4) is 0 Å². The minimum Gasteiger partial charge on any atom is -0.397 e. The van der Waals surface area contributed by atoms with Crippen LogP contribution in [0.2, 0.25) is 0 Å². The third-order valence-electron chi connectivity index (χ3n) is 3.84. The van der Waals surface area contributed by atoms with Crippen molar-refractivity contribution in [2.45, 2.75) is 24.8 Å². The zero-order valence-corrected chi connectivity index (χ0v) is 16.4. The van der Waals surface area contributed by atoms with Crippen molar-refractivity contribution in [2.75, 3.05) is 30.7 Å². The van der Waals surface area contributed by atoms with Gasteiger partial charge in [0, 0.05) is 25.9 Å². The summed E-state index contributed by atoms with van der Waals surface area (Å²) in [4.78, 5) is 18.3. The molecule has 0 atom stereocenters. The summed E-state index contributed by atoms with van der Waals surface area (Å²) in [5.41, 5.74) is 6.28. The van der Waals surface area contributed by atoms with E-state index in [1.165, 1.54) is 30.6 Å². The van der Waals surface area contributed by atoms with E-state index in [1.54, 1.807) is 24.1 Å². The summed E-state index contributed by atoms with van der Waals surface area (Å²) in [5, 5.41) is 0. The van der Waals surface area contributed by atoms with Crippen LogP contribution in [0.15, 0.2) is 47.6 Å². The number of amides is 1. The van der Waals surface area contributed by atoms with Crippen molar-refractivity contribution in [1.29, 1.82) is 0 Å². The number of rotatable bonds is 8. The average Bonchev–Trinajstić information content (AvgIpc) is 2.61. The van der Waals surface area contributed by atoms with E-state index < -0.39 is 10.0 Å². The molecule has 1 amide bonds. The van der Waals surface area contributed by atoms with Gasteiger partial charge in [-0.3, -0.25) is 14.5 Å². The molecule has 2 rings (SSSR count). The number of nitrogens with zero attached hydrogens (tertiary/aromatic N) is 2. The van der Waals surface area contributed by atoms with Crippen LogP contribution in [-0.2, 0) is 14.8 Å². The number of nitrogen functional groups attached to an aromatic ring is 1. The number of ether oxygens (including phenoxy) is 1. The van der Waals surface area contributed by atoms with E-state index >= 15 is 0 Å². The third-order valence-corrected chi connectivity index (χ3v) is 5.28. The molecule has 3 N–H and O–H groups in total. The lowest BCUT2D eigenvalue weighted by atomic mass is 10.1. The fraction of sp³-hybridized carbons (Fsp3) is 0.333. The van der Waals surface area contributed by atoms with Crippen molar-refractivity contribution in [3.05, 3.63) is 48.3 Å². The second kappa shape index (κ2) is 8.83. The van der Waals surface area contributed by atoms with Gasteiger partial charge >= 0.3 is 0 Å². The van der Waals surface area contributed by atoms with Gasteiger partial charge in [-0.25, -0.2) is 8.42 Å². The second-order valence-corrected chi connectivity index (χ2v) is 7.84. The molecule has 0 fully saturated rings. The summed E-state index contributed by atoms with van der Waals surface area (Å²) in [6, 6.07) is 7.42. The molecule has 0 radical (unpaired) electrons. The quantitative estimate of drug-likeness (QED) is 0.710. The van der Waals surface area contributed by atoms with Gasteiger partial charge in [0.1, 0.15) is 4.90 Å². The molecule has 0 aliphatic carbocycles. The maximum absolute atomic E-state index is 13.0. The zero-order valence-electron chi connectivity index (χ0n) is 15.5. The fourth-order valence-electron chi connectivity index (χ4n) is 2.54. The number of hydrogen-bond acceptors (Lipinski definition) is 6. The standard InChI is InChI=1S/C18H24N4O4S/c1-13(2)22(8-9-26-3)18(23)16-6-4-5-7-17(16)27(24,25)21-15-10-14(19)11-20-12-15/h4-7,10-13,21H,8-9,19H2,1-3H3. The summed E-state index contributed by atoms with van der Waals surface area (Å²) in [6.45, 7) is 4.43. The Morgan fingerprint density at radius 2 is 2.00 bits per heavy atom. The first-order valence-electron chi connectivity index (χ1n) is 8.38. The fourth-order valence-corrected chi connectivity index (χ4v) is 3.77. The van der Waals surface area contributed by atoms with Crippen molar-refractivity contribution in [3.8, 4) is 0 Å². The van der Waals surface area contributed by atoms with Gasteiger partial charge in [0.2, 0.25) is 0 Å². The van der Waals surface area contributed by atoms with Gasteiger partial charge in [-0.2, -0.15) is 0 Å². The molecule has 0 bridgehead atoms. The Balaban J connectivity index is 2.40. The first-order chi connectivity index (χ1) is 12.8. The van der Waals surface area contributed by atoms with Crippen molar-refractivity contribution in [2.24, 2.45) is 0 Å². The molecule has 9 heteroatoms. The second-order valence-electron chi connectivity index (χ2n) is 6.19. The van der Waals surface area contributed by atoms with Gasteiger partial charge in [-0.05, 0) is 32.0 Å². The Morgan fingerprint density at radius 1 is 1.30 bits per heavy atom. The summed E-state index contributed by atoms with van der Waals surface area (Å²) >= 11 is 0. The predicted molar refractivity (Wildman–Crippen MR) is 104 cm³/mol. The smallest absolute Gasteiger partial charge is 0.262 e. The molecule has 0 unspecified atom stereocenters.